The van der Waals surface area contributed by atoms with Crippen molar-refractivity contribution in [3.63, 3.8) is 0 Å². The van der Waals surface area contributed by atoms with Gasteiger partial charge in [-0.1, -0.05) is 36.4 Å². The summed E-state index contributed by atoms with van der Waals surface area (Å²) in [5, 5.41) is 2.86. The van der Waals surface area contributed by atoms with E-state index in [4.69, 9.17) is 0 Å². The van der Waals surface area contributed by atoms with Gasteiger partial charge in [-0.25, -0.2) is 0 Å². The van der Waals surface area contributed by atoms with Gasteiger partial charge in [-0.15, -0.1) is 13.2 Å². The molecule has 0 unspecified atom stereocenters. The van der Waals surface area contributed by atoms with E-state index >= 15 is 0 Å². The van der Waals surface area contributed by atoms with E-state index in [0.717, 1.165) is 5.69 Å². The molecule has 1 N–H and O–H groups in total. The highest BCUT2D eigenvalue weighted by atomic mass is 16.2. The van der Waals surface area contributed by atoms with Crippen LogP contribution in [0.25, 0.3) is 0 Å². The Morgan fingerprint density at radius 1 is 1.00 bits per heavy atom. The summed E-state index contributed by atoms with van der Waals surface area (Å²) in [5.74, 6) is -0.256. The minimum atomic E-state index is -0.149. The van der Waals surface area contributed by atoms with E-state index in [0.29, 0.717) is 30.9 Å². The van der Waals surface area contributed by atoms with Crippen molar-refractivity contribution in [2.45, 2.75) is 6.92 Å². The first-order valence-corrected chi connectivity index (χ1v) is 9.30. The normalized spacial score (nSPS) is 10.4. The van der Waals surface area contributed by atoms with Gasteiger partial charge in [0.2, 0.25) is 5.91 Å². The Morgan fingerprint density at radius 2 is 1.68 bits per heavy atom. The highest BCUT2D eigenvalue weighted by Crippen LogP contribution is 2.18. The Hall–Kier alpha value is -3.18. The lowest BCUT2D eigenvalue weighted by atomic mass is 10.1. The quantitative estimate of drug-likeness (QED) is 0.638. The Bertz CT molecular complexity index is 808. The molecule has 0 saturated carbocycles. The summed E-state index contributed by atoms with van der Waals surface area (Å²) in [6.07, 6.45) is 3.50. The highest BCUT2D eigenvalue weighted by Gasteiger charge is 2.17. The van der Waals surface area contributed by atoms with Gasteiger partial charge < -0.3 is 10.2 Å². The van der Waals surface area contributed by atoms with E-state index in [9.17, 15) is 9.59 Å². The molecule has 5 nitrogen and oxygen atoms in total. The van der Waals surface area contributed by atoms with Crippen LogP contribution in [0.4, 0.5) is 11.4 Å². The van der Waals surface area contributed by atoms with Crippen LogP contribution < -0.4 is 10.2 Å². The van der Waals surface area contributed by atoms with Crippen LogP contribution in [0.1, 0.15) is 17.3 Å². The average Bonchev–Trinajstić information content (AvgIpc) is 2.70. The van der Waals surface area contributed by atoms with Gasteiger partial charge in [-0.05, 0) is 37.3 Å². The number of hydrogen-bond acceptors (Lipinski definition) is 3. The molecule has 2 aromatic carbocycles. The molecule has 2 aromatic rings. The van der Waals surface area contributed by atoms with Crippen LogP contribution in [0.3, 0.4) is 0 Å². The average molecular weight is 377 g/mol. The van der Waals surface area contributed by atoms with Gasteiger partial charge in [0.25, 0.3) is 5.91 Å². The van der Waals surface area contributed by atoms with Gasteiger partial charge in [0.05, 0.1) is 6.54 Å². The molecule has 5 heteroatoms. The maximum atomic E-state index is 12.9. The lowest BCUT2D eigenvalue weighted by Gasteiger charge is -2.21. The van der Waals surface area contributed by atoms with Gasteiger partial charge in [0, 0.05) is 36.6 Å². The van der Waals surface area contributed by atoms with Crippen molar-refractivity contribution >= 4 is 23.2 Å². The third kappa shape index (κ3) is 5.93. The largest absolute Gasteiger partial charge is 0.325 e. The molecule has 0 spiro atoms. The van der Waals surface area contributed by atoms with E-state index < -0.39 is 0 Å². The molecule has 0 aliphatic carbocycles. The number of nitrogens with zero attached hydrogens (tertiary/aromatic N) is 2. The van der Waals surface area contributed by atoms with Gasteiger partial charge in [-0.2, -0.15) is 0 Å². The predicted octanol–water partition coefficient (Wildman–Crippen LogP) is 3.97. The lowest BCUT2D eigenvalue weighted by Crippen LogP contribution is -2.33. The minimum absolute atomic E-state index is 0.107. The van der Waals surface area contributed by atoms with Crippen molar-refractivity contribution in [1.29, 1.82) is 0 Å². The molecule has 2 rings (SSSR count). The van der Waals surface area contributed by atoms with E-state index in [1.54, 1.807) is 41.3 Å². The van der Waals surface area contributed by atoms with Crippen molar-refractivity contribution in [3.05, 3.63) is 85.5 Å². The molecule has 2 amide bonds. The first-order chi connectivity index (χ1) is 13.6. The third-order valence-electron chi connectivity index (χ3n) is 4.16. The van der Waals surface area contributed by atoms with Gasteiger partial charge in [0.15, 0.2) is 0 Å². The fourth-order valence-corrected chi connectivity index (χ4v) is 2.91. The molecule has 0 aliphatic rings. The van der Waals surface area contributed by atoms with Crippen LogP contribution in [0, 0.1) is 0 Å². The minimum Gasteiger partial charge on any atom is -0.325 e. The van der Waals surface area contributed by atoms with Gasteiger partial charge in [-0.3, -0.25) is 14.5 Å². The zero-order valence-electron chi connectivity index (χ0n) is 16.3. The first kappa shape index (κ1) is 21.1. The number of anilines is 2. The number of carbonyl (C=O) groups excluding carboxylic acids is 2. The van der Waals surface area contributed by atoms with Crippen molar-refractivity contribution in [2.24, 2.45) is 0 Å². The second-order valence-corrected chi connectivity index (χ2v) is 6.29. The molecular formula is C23H27N3O2. The summed E-state index contributed by atoms with van der Waals surface area (Å²) in [6, 6.07) is 16.5. The topological polar surface area (TPSA) is 52.7 Å². The van der Waals surface area contributed by atoms with Crippen LogP contribution in [-0.2, 0) is 4.79 Å². The number of hydrogen-bond donors (Lipinski definition) is 1. The number of para-hydroxylation sites is 1. The van der Waals surface area contributed by atoms with Crippen molar-refractivity contribution < 1.29 is 9.59 Å². The SMILES string of the molecule is C=CCN(CC=C)CC(=O)Nc1cccc(C(=O)N(CC)c2ccccc2)c1. The monoisotopic (exact) mass is 377 g/mol. The maximum Gasteiger partial charge on any atom is 0.258 e. The van der Waals surface area contributed by atoms with Crippen molar-refractivity contribution in [1.82, 2.24) is 4.90 Å². The number of amides is 2. The molecule has 0 radical (unpaired) electrons. The van der Waals surface area contributed by atoms with E-state index in [-0.39, 0.29) is 18.4 Å². The summed E-state index contributed by atoms with van der Waals surface area (Å²) in [4.78, 5) is 28.9. The molecule has 0 heterocycles. The Morgan fingerprint density at radius 3 is 2.29 bits per heavy atom. The van der Waals surface area contributed by atoms with Gasteiger partial charge >= 0.3 is 0 Å². The van der Waals surface area contributed by atoms with E-state index in [2.05, 4.69) is 18.5 Å². The number of benzene rings is 2. The summed E-state index contributed by atoms with van der Waals surface area (Å²) in [7, 11) is 0. The van der Waals surface area contributed by atoms with Gasteiger partial charge in [0.1, 0.15) is 0 Å². The molecule has 0 atom stereocenters. The van der Waals surface area contributed by atoms with E-state index in [1.165, 1.54) is 0 Å². The molecule has 0 bridgehead atoms. The maximum absolute atomic E-state index is 12.9. The molecular weight excluding hydrogens is 350 g/mol. The Labute approximate surface area is 167 Å². The number of rotatable bonds is 10. The molecule has 0 aromatic heterocycles. The number of nitrogens with one attached hydrogen (secondary N) is 1. The number of carbonyl (C=O) groups is 2. The zero-order chi connectivity index (χ0) is 20.4. The molecule has 0 fully saturated rings. The Balaban J connectivity index is 2.10. The molecule has 28 heavy (non-hydrogen) atoms. The molecule has 146 valence electrons. The van der Waals surface area contributed by atoms with Crippen molar-refractivity contribution in [2.75, 3.05) is 36.4 Å². The van der Waals surface area contributed by atoms with Crippen LogP contribution in [0.2, 0.25) is 0 Å². The highest BCUT2D eigenvalue weighted by molar-refractivity contribution is 6.07. The fourth-order valence-electron chi connectivity index (χ4n) is 2.91. The van der Waals surface area contributed by atoms with Crippen LogP contribution in [0.15, 0.2) is 79.9 Å². The van der Waals surface area contributed by atoms with Crippen molar-refractivity contribution in [3.8, 4) is 0 Å². The molecule has 0 saturated heterocycles. The van der Waals surface area contributed by atoms with Crippen LogP contribution in [0.5, 0.6) is 0 Å². The summed E-state index contributed by atoms with van der Waals surface area (Å²) in [6.45, 7) is 11.3. The summed E-state index contributed by atoms with van der Waals surface area (Å²) < 4.78 is 0. The lowest BCUT2D eigenvalue weighted by molar-refractivity contribution is -0.117. The first-order valence-electron chi connectivity index (χ1n) is 9.30. The third-order valence-corrected chi connectivity index (χ3v) is 4.16. The second kappa shape index (κ2) is 10.8. The zero-order valence-corrected chi connectivity index (χ0v) is 16.3. The summed E-state index contributed by atoms with van der Waals surface area (Å²) >= 11 is 0. The van der Waals surface area contributed by atoms with Crippen LogP contribution in [-0.4, -0.2) is 42.9 Å². The van der Waals surface area contributed by atoms with Crippen LogP contribution >= 0.6 is 0 Å². The molecule has 0 aliphatic heterocycles. The standard InChI is InChI=1S/C23H27N3O2/c1-4-15-25(16-5-2)18-22(27)24-20-12-10-11-19(17-20)23(28)26(6-3)21-13-8-7-9-14-21/h4-5,7-14,17H,1-2,6,15-16,18H2,3H3,(H,24,27). The summed E-state index contributed by atoms with van der Waals surface area (Å²) in [5.41, 5.74) is 1.96. The second-order valence-electron chi connectivity index (χ2n) is 6.29. The van der Waals surface area contributed by atoms with E-state index in [1.807, 2.05) is 42.2 Å². The fraction of sp³-hybridized carbons (Fsp3) is 0.217. The smallest absolute Gasteiger partial charge is 0.258 e. The Kier molecular flexibility index (Phi) is 8.18. The predicted molar refractivity (Wildman–Crippen MR) is 116 cm³/mol.